The Morgan fingerprint density at radius 3 is 1.81 bits per heavy atom. The largest absolute Gasteiger partial charge is 0.435 e. The van der Waals surface area contributed by atoms with Gasteiger partial charge in [-0.25, -0.2) is 15.0 Å². The zero-order valence-corrected chi connectivity index (χ0v) is 17.6. The lowest BCUT2D eigenvalue weighted by Gasteiger charge is -2.40. The van der Waals surface area contributed by atoms with Gasteiger partial charge in [-0.3, -0.25) is 5.41 Å². The second-order valence-corrected chi connectivity index (χ2v) is 8.15. The molecule has 19 heteroatoms. The van der Waals surface area contributed by atoms with Crippen LogP contribution in [0.1, 0.15) is 6.92 Å². The normalized spacial score (nSPS) is 13.2. The Kier molecular flexibility index (Phi) is 9.84. The molecule has 0 saturated heterocycles. The predicted octanol–water partition coefficient (Wildman–Crippen LogP) is -6.52. The minimum atomic E-state index is -1.81. The fourth-order valence-corrected chi connectivity index (χ4v) is 4.25. The van der Waals surface area contributed by atoms with E-state index in [9.17, 15) is 0 Å². The van der Waals surface area contributed by atoms with E-state index in [-0.39, 0.29) is 16.0 Å². The number of nitrogens with zero attached hydrogens (tertiary/aromatic N) is 3. The average Bonchev–Trinajstić information content (AvgIpc) is 2.43. The van der Waals surface area contributed by atoms with Gasteiger partial charge in [0.2, 0.25) is 15.8 Å². The average molecular weight is 432 g/mol. The Bertz CT molecular complexity index is 543. The van der Waals surface area contributed by atoms with Gasteiger partial charge in [0, 0.05) is 0 Å². The Morgan fingerprint density at radius 1 is 0.923 bits per heavy atom. The number of aliphatic imine (C=N–C) groups is 3. The predicted molar refractivity (Wildman–Crippen MR) is 99.9 cm³/mol. The molecule has 0 fully saturated rings. The van der Waals surface area contributed by atoms with Crippen LogP contribution in [0, 0.1) is 5.41 Å². The van der Waals surface area contributed by atoms with Crippen molar-refractivity contribution in [1.82, 2.24) is 5.32 Å². The lowest BCUT2D eigenvalue weighted by molar-refractivity contribution is 0.295. The zero-order valence-electron chi connectivity index (χ0n) is 13.6. The van der Waals surface area contributed by atoms with E-state index < -0.39 is 48.6 Å². The molecule has 15 nitrogen and oxygen atoms in total. The quantitative estimate of drug-likeness (QED) is 0.0641. The summed E-state index contributed by atoms with van der Waals surface area (Å²) < 4.78 is 15.0. The van der Waals surface area contributed by atoms with Crippen molar-refractivity contribution in [1.29, 1.82) is 5.41 Å². The second kappa shape index (κ2) is 10.7. The number of nitrogens with one attached hydrogen (secondary N) is 2. The summed E-state index contributed by atoms with van der Waals surface area (Å²) in [7, 11) is 1.31. The van der Waals surface area contributed by atoms with Gasteiger partial charge >= 0.3 is 20.0 Å². The maximum atomic E-state index is 7.52. The minimum Gasteiger partial charge on any atom is -0.435 e. The zero-order chi connectivity index (χ0) is 20.4. The van der Waals surface area contributed by atoms with Crippen molar-refractivity contribution in [2.24, 2.45) is 55.1 Å². The van der Waals surface area contributed by atoms with E-state index in [0.29, 0.717) is 0 Å². The summed E-state index contributed by atoms with van der Waals surface area (Å²) in [5.41, 5.74) is 36.7. The summed E-state index contributed by atoms with van der Waals surface area (Å²) in [6.45, 7) is 1.41. The minimum absolute atomic E-state index is 0.323. The third kappa shape index (κ3) is 7.81. The molecule has 0 heterocycles. The molecule has 9 radical (unpaired) electrons. The van der Waals surface area contributed by atoms with Crippen LogP contribution < -0.4 is 45.5 Å². The number of hydrogen-bond donors (Lipinski definition) is 9. The van der Waals surface area contributed by atoms with Crippen LogP contribution in [0.2, 0.25) is 0 Å². The third-order valence-corrected chi connectivity index (χ3v) is 5.09. The molecule has 0 aromatic rings. The van der Waals surface area contributed by atoms with Gasteiger partial charge in [0.05, 0.1) is 0 Å². The summed E-state index contributed by atoms with van der Waals surface area (Å²) in [5, 5.41) is 8.24. The van der Waals surface area contributed by atoms with Gasteiger partial charge in [0.25, 0.3) is 9.76 Å². The van der Waals surface area contributed by atoms with Crippen LogP contribution in [0.25, 0.3) is 0 Å². The van der Waals surface area contributed by atoms with Gasteiger partial charge in [-0.15, -0.1) is 0 Å². The molecule has 26 heavy (non-hydrogen) atoms. The van der Waals surface area contributed by atoms with Crippen molar-refractivity contribution in [3.63, 3.8) is 0 Å². The highest BCUT2D eigenvalue weighted by molar-refractivity contribution is 6.47. The van der Waals surface area contributed by atoms with Crippen molar-refractivity contribution in [3.05, 3.63) is 0 Å². The fourth-order valence-electron chi connectivity index (χ4n) is 1.63. The van der Waals surface area contributed by atoms with Crippen molar-refractivity contribution in [2.75, 3.05) is 0 Å². The summed E-state index contributed by atoms with van der Waals surface area (Å²) in [6, 6.07) is 0. The van der Waals surface area contributed by atoms with E-state index in [2.05, 4.69) is 34.9 Å². The van der Waals surface area contributed by atoms with E-state index in [0.717, 1.165) is 0 Å². The first-order chi connectivity index (χ1) is 12.0. The van der Waals surface area contributed by atoms with Crippen LogP contribution in [0.4, 0.5) is 0 Å². The lowest BCUT2D eigenvalue weighted by Crippen LogP contribution is -2.66. The maximum absolute atomic E-state index is 7.52. The van der Waals surface area contributed by atoms with Gasteiger partial charge < -0.3 is 57.8 Å². The van der Waals surface area contributed by atoms with Gasteiger partial charge in [-0.2, -0.15) is 0 Å². The first-order valence-corrected chi connectivity index (χ1v) is 9.29. The Labute approximate surface area is 160 Å². The fraction of sp³-hybridized carbons (Fsp3) is 0.429. The van der Waals surface area contributed by atoms with Crippen LogP contribution in [-0.2, 0) is 12.3 Å². The van der Waals surface area contributed by atoms with E-state index in [1.165, 1.54) is 6.92 Å². The molecule has 0 rings (SSSR count). The molecule has 0 aromatic heterocycles. The van der Waals surface area contributed by atoms with E-state index in [4.69, 9.17) is 53.8 Å². The van der Waals surface area contributed by atoms with E-state index in [1.54, 1.807) is 0 Å². The lowest BCUT2D eigenvalue weighted by atomic mass is 10.1. The highest BCUT2D eigenvalue weighted by atomic mass is 28.4. The molecule has 0 saturated carbocycles. The topological polar surface area (TPSA) is 283 Å². The van der Waals surface area contributed by atoms with Gasteiger partial charge in [-0.1, -0.05) is 0 Å². The molecule has 0 aromatic carbocycles. The highest BCUT2D eigenvalue weighted by Gasteiger charge is 2.52. The number of nitrogens with two attached hydrogens (primary N) is 7. The number of hydrogen-bond acceptors (Lipinski definition) is 7. The Morgan fingerprint density at radius 2 is 1.42 bits per heavy atom. The standard InChI is InChI=1S/C7H19N12O3Si4/c1-6(16-2(8)9,17-3(10)11)7(18-4(12)13,19-5(14)15)24-21-26-22-25-20-23/h1H3,(H4,8,9,16)(H4,10,11,17)(H4,12,13,18)(H4,14,15,19). The van der Waals surface area contributed by atoms with E-state index >= 15 is 0 Å². The molecule has 0 aliphatic heterocycles. The van der Waals surface area contributed by atoms with Crippen LogP contribution in [0.15, 0.2) is 15.0 Å². The molecule has 16 N–H and O–H groups in total. The monoisotopic (exact) mass is 431 g/mol. The van der Waals surface area contributed by atoms with Crippen LogP contribution in [0.5, 0.6) is 0 Å². The summed E-state index contributed by atoms with van der Waals surface area (Å²) in [5.74, 6) is -1.68. The van der Waals surface area contributed by atoms with Crippen LogP contribution >= 0.6 is 0 Å². The molecule has 0 spiro atoms. The summed E-state index contributed by atoms with van der Waals surface area (Å²) >= 11 is 0. The molecular formula is C7H19N12O3Si4. The molecular weight excluding hydrogens is 413 g/mol. The molecule has 0 bridgehead atoms. The number of guanidine groups is 4. The van der Waals surface area contributed by atoms with Crippen LogP contribution in [-0.4, -0.2) is 75.0 Å². The molecule has 1 atom stereocenters. The highest BCUT2D eigenvalue weighted by Crippen LogP contribution is 2.29. The van der Waals surface area contributed by atoms with Gasteiger partial charge in [0.15, 0.2) is 29.5 Å². The van der Waals surface area contributed by atoms with Gasteiger partial charge in [-0.05, 0) is 6.92 Å². The molecule has 141 valence electrons. The van der Waals surface area contributed by atoms with Crippen molar-refractivity contribution < 1.29 is 12.3 Å². The van der Waals surface area contributed by atoms with Gasteiger partial charge in [0.1, 0.15) is 0 Å². The Balaban J connectivity index is 6.18. The van der Waals surface area contributed by atoms with Crippen LogP contribution in [0.3, 0.4) is 0 Å². The summed E-state index contributed by atoms with van der Waals surface area (Å²) in [4.78, 5) is 12.1. The molecule has 0 amide bonds. The van der Waals surface area contributed by atoms with Crippen molar-refractivity contribution in [3.8, 4) is 0 Å². The Hall–Kier alpha value is -2.17. The first kappa shape index (κ1) is 23.8. The smallest absolute Gasteiger partial charge is 0.411 e. The molecule has 0 aliphatic rings. The summed E-state index contributed by atoms with van der Waals surface area (Å²) in [6.07, 6.45) is 0. The van der Waals surface area contributed by atoms with Crippen molar-refractivity contribution >= 4 is 64.1 Å². The molecule has 0 aliphatic carbocycles. The van der Waals surface area contributed by atoms with Crippen molar-refractivity contribution in [2.45, 2.75) is 17.9 Å². The maximum Gasteiger partial charge on any atom is 0.411 e. The number of rotatable bonds is 11. The SMILES string of the molecule is CC(N=C(N)N)(NC(=N)N)C(N=C(N)N)(N=C(N)N)[Si]O[Si]O[Si]O[Si]. The second-order valence-electron chi connectivity index (χ2n) is 4.47. The van der Waals surface area contributed by atoms with E-state index in [1.807, 2.05) is 0 Å². The first-order valence-electron chi connectivity index (χ1n) is 6.34. The third-order valence-electron chi connectivity index (χ3n) is 2.35. The molecule has 1 unspecified atom stereocenters.